The first-order valence-electron chi connectivity index (χ1n) is 10.8. The van der Waals surface area contributed by atoms with Crippen LogP contribution in [0.4, 0.5) is 17.1 Å². The molecule has 1 aliphatic heterocycles. The number of carbonyl (C=O) groups excluding carboxylic acids is 3. The lowest BCUT2D eigenvalue weighted by atomic mass is 10.1. The summed E-state index contributed by atoms with van der Waals surface area (Å²) in [6, 6.07) is 15.8. The Morgan fingerprint density at radius 3 is 2.30 bits per heavy atom. The third-order valence-electron chi connectivity index (χ3n) is 5.46. The number of nitrogens with zero attached hydrogens (tertiary/aromatic N) is 1. The molecule has 190 valence electrons. The Bertz CT molecular complexity index is 1440. The molecule has 0 atom stereocenters. The summed E-state index contributed by atoms with van der Waals surface area (Å²) in [5, 5.41) is 5.73. The van der Waals surface area contributed by atoms with Crippen LogP contribution < -0.4 is 29.7 Å². The first-order chi connectivity index (χ1) is 17.8. The van der Waals surface area contributed by atoms with Crippen molar-refractivity contribution in [2.75, 3.05) is 36.9 Å². The molecule has 0 aromatic heterocycles. The van der Waals surface area contributed by atoms with Gasteiger partial charge in [-0.3, -0.25) is 14.4 Å². The van der Waals surface area contributed by atoms with Gasteiger partial charge in [0.25, 0.3) is 17.7 Å². The number of ether oxygens (including phenoxy) is 3. The Balaban J connectivity index is 1.57. The summed E-state index contributed by atoms with van der Waals surface area (Å²) in [5.41, 5.74) is 1.10. The van der Waals surface area contributed by atoms with E-state index in [1.165, 1.54) is 33.5 Å². The number of rotatable bonds is 8. The van der Waals surface area contributed by atoms with Crippen molar-refractivity contribution >= 4 is 58.0 Å². The van der Waals surface area contributed by atoms with Gasteiger partial charge in [-0.05, 0) is 48.5 Å². The largest absolute Gasteiger partial charge is 0.497 e. The molecule has 0 saturated carbocycles. The standard InChI is InChI=1S/C26H21Cl2N3O6/c1-35-17-8-9-19(21(13-17)37-3)31-25(33)22(28)23(26(31)34)29-16-6-4-5-14(11-16)24(32)30-18-12-15(27)7-10-20(18)36-2/h4-13,29H,1-3H3,(H,30,32). The number of imide groups is 1. The molecule has 3 aromatic carbocycles. The SMILES string of the molecule is COc1ccc(N2C(=O)C(Cl)=C(Nc3cccc(C(=O)Nc4cc(Cl)ccc4OC)c3)C2=O)c(OC)c1. The number of anilines is 3. The van der Waals surface area contributed by atoms with Crippen LogP contribution in [0.25, 0.3) is 0 Å². The van der Waals surface area contributed by atoms with Crippen LogP contribution in [0, 0.1) is 0 Å². The van der Waals surface area contributed by atoms with E-state index in [9.17, 15) is 14.4 Å². The highest BCUT2D eigenvalue weighted by molar-refractivity contribution is 6.53. The molecular formula is C26H21Cl2N3O6. The van der Waals surface area contributed by atoms with Crippen molar-refractivity contribution in [1.29, 1.82) is 0 Å². The molecule has 2 N–H and O–H groups in total. The topological polar surface area (TPSA) is 106 Å². The molecule has 1 heterocycles. The van der Waals surface area contributed by atoms with Gasteiger partial charge >= 0.3 is 0 Å². The summed E-state index contributed by atoms with van der Waals surface area (Å²) < 4.78 is 15.8. The van der Waals surface area contributed by atoms with E-state index in [2.05, 4.69) is 10.6 Å². The van der Waals surface area contributed by atoms with Crippen LogP contribution in [-0.2, 0) is 9.59 Å². The van der Waals surface area contributed by atoms with E-state index >= 15 is 0 Å². The first-order valence-corrected chi connectivity index (χ1v) is 11.6. The summed E-state index contributed by atoms with van der Waals surface area (Å²) >= 11 is 12.3. The van der Waals surface area contributed by atoms with Gasteiger partial charge in [-0.2, -0.15) is 0 Å². The summed E-state index contributed by atoms with van der Waals surface area (Å²) in [5.74, 6) is -0.670. The Labute approximate surface area is 222 Å². The van der Waals surface area contributed by atoms with Crippen LogP contribution in [0.1, 0.15) is 10.4 Å². The van der Waals surface area contributed by atoms with Crippen molar-refractivity contribution in [3.63, 3.8) is 0 Å². The lowest BCUT2D eigenvalue weighted by molar-refractivity contribution is -0.120. The Morgan fingerprint density at radius 2 is 1.59 bits per heavy atom. The van der Waals surface area contributed by atoms with E-state index in [4.69, 9.17) is 37.4 Å². The summed E-state index contributed by atoms with van der Waals surface area (Å²) in [7, 11) is 4.37. The van der Waals surface area contributed by atoms with E-state index in [-0.39, 0.29) is 27.7 Å². The van der Waals surface area contributed by atoms with Crippen molar-refractivity contribution in [3.05, 3.63) is 82.0 Å². The number of amides is 3. The highest BCUT2D eigenvalue weighted by Gasteiger charge is 2.40. The molecule has 37 heavy (non-hydrogen) atoms. The van der Waals surface area contributed by atoms with Gasteiger partial charge in [0, 0.05) is 22.3 Å². The Kier molecular flexibility index (Phi) is 7.56. The van der Waals surface area contributed by atoms with E-state index < -0.39 is 17.7 Å². The zero-order valence-electron chi connectivity index (χ0n) is 19.9. The molecule has 0 aliphatic carbocycles. The fraction of sp³-hybridized carbons (Fsp3) is 0.115. The van der Waals surface area contributed by atoms with E-state index in [0.29, 0.717) is 27.9 Å². The third-order valence-corrected chi connectivity index (χ3v) is 6.04. The fourth-order valence-corrected chi connectivity index (χ4v) is 4.04. The number of nitrogens with one attached hydrogen (secondary N) is 2. The molecule has 0 bridgehead atoms. The smallest absolute Gasteiger partial charge is 0.283 e. The third kappa shape index (κ3) is 5.18. The van der Waals surface area contributed by atoms with Gasteiger partial charge in [0.05, 0.1) is 32.7 Å². The molecule has 3 amide bonds. The molecule has 0 unspecified atom stereocenters. The van der Waals surface area contributed by atoms with Gasteiger partial charge < -0.3 is 24.8 Å². The van der Waals surface area contributed by atoms with Crippen LogP contribution in [0.15, 0.2) is 71.4 Å². The minimum absolute atomic E-state index is 0.140. The summed E-state index contributed by atoms with van der Waals surface area (Å²) in [6.07, 6.45) is 0. The van der Waals surface area contributed by atoms with Gasteiger partial charge in [-0.15, -0.1) is 0 Å². The minimum Gasteiger partial charge on any atom is -0.497 e. The molecule has 3 aromatic rings. The quantitative estimate of drug-likeness (QED) is 0.384. The maximum atomic E-state index is 13.2. The second kappa shape index (κ2) is 10.8. The van der Waals surface area contributed by atoms with Crippen molar-refractivity contribution < 1.29 is 28.6 Å². The maximum absolute atomic E-state index is 13.2. The molecule has 0 radical (unpaired) electrons. The van der Waals surface area contributed by atoms with Crippen LogP contribution in [-0.4, -0.2) is 39.1 Å². The molecule has 0 fully saturated rings. The molecule has 4 rings (SSSR count). The number of benzene rings is 3. The highest BCUT2D eigenvalue weighted by Crippen LogP contribution is 2.37. The second-order valence-electron chi connectivity index (χ2n) is 7.68. The normalized spacial score (nSPS) is 13.1. The maximum Gasteiger partial charge on any atom is 0.283 e. The van der Waals surface area contributed by atoms with Crippen molar-refractivity contribution in [1.82, 2.24) is 0 Å². The second-order valence-corrected chi connectivity index (χ2v) is 8.49. The molecule has 9 nitrogen and oxygen atoms in total. The lowest BCUT2D eigenvalue weighted by Crippen LogP contribution is -2.32. The van der Waals surface area contributed by atoms with Crippen molar-refractivity contribution in [2.45, 2.75) is 0 Å². The first kappa shape index (κ1) is 25.9. The molecule has 0 saturated heterocycles. The highest BCUT2D eigenvalue weighted by atomic mass is 35.5. The van der Waals surface area contributed by atoms with Gasteiger partial charge in [-0.25, -0.2) is 4.90 Å². The van der Waals surface area contributed by atoms with Gasteiger partial charge in [0.1, 0.15) is 28.0 Å². The van der Waals surface area contributed by atoms with Crippen LogP contribution in [0.2, 0.25) is 5.02 Å². The van der Waals surface area contributed by atoms with Crippen LogP contribution >= 0.6 is 23.2 Å². The number of methoxy groups -OCH3 is 3. The average Bonchev–Trinajstić information content (AvgIpc) is 3.11. The van der Waals surface area contributed by atoms with Gasteiger partial charge in [0.15, 0.2) is 0 Å². The number of carbonyl (C=O) groups is 3. The van der Waals surface area contributed by atoms with E-state index in [0.717, 1.165) is 4.90 Å². The van der Waals surface area contributed by atoms with Crippen LogP contribution in [0.5, 0.6) is 17.2 Å². The molecular weight excluding hydrogens is 521 g/mol. The predicted molar refractivity (Wildman–Crippen MR) is 141 cm³/mol. The molecule has 1 aliphatic rings. The predicted octanol–water partition coefficient (Wildman–Crippen LogP) is 5.05. The monoisotopic (exact) mass is 541 g/mol. The number of hydrogen-bond donors (Lipinski definition) is 2. The van der Waals surface area contributed by atoms with Crippen molar-refractivity contribution in [2.24, 2.45) is 0 Å². The minimum atomic E-state index is -0.723. The summed E-state index contributed by atoms with van der Waals surface area (Å²) in [6.45, 7) is 0. The van der Waals surface area contributed by atoms with Gasteiger partial charge in [0.2, 0.25) is 0 Å². The lowest BCUT2D eigenvalue weighted by Gasteiger charge is -2.18. The van der Waals surface area contributed by atoms with Gasteiger partial charge in [-0.1, -0.05) is 29.3 Å². The van der Waals surface area contributed by atoms with Crippen molar-refractivity contribution in [3.8, 4) is 17.2 Å². The zero-order chi connectivity index (χ0) is 26.7. The zero-order valence-corrected chi connectivity index (χ0v) is 21.4. The summed E-state index contributed by atoms with van der Waals surface area (Å²) in [4.78, 5) is 39.9. The Hall–Kier alpha value is -4.21. The number of hydrogen-bond acceptors (Lipinski definition) is 7. The number of halogens is 2. The molecule has 0 spiro atoms. The average molecular weight is 542 g/mol. The van der Waals surface area contributed by atoms with Crippen LogP contribution in [0.3, 0.4) is 0 Å². The Morgan fingerprint density at radius 1 is 0.838 bits per heavy atom. The fourth-order valence-electron chi connectivity index (χ4n) is 3.65. The molecule has 11 heteroatoms. The van der Waals surface area contributed by atoms with E-state index in [1.807, 2.05) is 0 Å². The van der Waals surface area contributed by atoms with E-state index in [1.54, 1.807) is 48.5 Å².